The van der Waals surface area contributed by atoms with Crippen LogP contribution in [0.3, 0.4) is 0 Å². The number of anilines is 1. The molecular formula is C13H20N2O3S. The summed E-state index contributed by atoms with van der Waals surface area (Å²) < 4.78 is 32.2. The van der Waals surface area contributed by atoms with Gasteiger partial charge in [-0.05, 0) is 25.0 Å². The molecule has 1 aromatic carbocycles. The summed E-state index contributed by atoms with van der Waals surface area (Å²) in [6, 6.07) is 6.90. The van der Waals surface area contributed by atoms with Crippen LogP contribution in [0.5, 0.6) is 0 Å². The topological polar surface area (TPSA) is 81.4 Å². The molecule has 0 aliphatic carbocycles. The van der Waals surface area contributed by atoms with Crippen molar-refractivity contribution in [2.75, 3.05) is 18.9 Å². The molecule has 1 fully saturated rings. The third-order valence-corrected chi connectivity index (χ3v) is 4.86. The molecule has 106 valence electrons. The Balaban J connectivity index is 2.00. The second-order valence-electron chi connectivity index (χ2n) is 4.99. The van der Waals surface area contributed by atoms with Gasteiger partial charge in [0.25, 0.3) is 0 Å². The first kappa shape index (κ1) is 14.3. The van der Waals surface area contributed by atoms with E-state index in [1.165, 1.54) is 0 Å². The molecule has 1 heterocycles. The predicted octanol–water partition coefficient (Wildman–Crippen LogP) is 1.11. The predicted molar refractivity (Wildman–Crippen MR) is 75.0 cm³/mol. The Morgan fingerprint density at radius 2 is 2.21 bits per heavy atom. The zero-order valence-corrected chi connectivity index (χ0v) is 11.8. The van der Waals surface area contributed by atoms with Gasteiger partial charge in [0.2, 0.25) is 10.0 Å². The molecule has 2 unspecified atom stereocenters. The third-order valence-electron chi connectivity index (χ3n) is 3.44. The van der Waals surface area contributed by atoms with Gasteiger partial charge >= 0.3 is 0 Å². The Kier molecular flexibility index (Phi) is 4.44. The van der Waals surface area contributed by atoms with Crippen molar-refractivity contribution in [3.63, 3.8) is 0 Å². The van der Waals surface area contributed by atoms with E-state index in [0.29, 0.717) is 24.5 Å². The molecule has 6 heteroatoms. The van der Waals surface area contributed by atoms with E-state index in [4.69, 9.17) is 10.5 Å². The molecule has 3 N–H and O–H groups in total. The van der Waals surface area contributed by atoms with Crippen molar-refractivity contribution < 1.29 is 13.2 Å². The normalized spacial score (nSPS) is 21.4. The molecule has 0 saturated carbocycles. The fourth-order valence-corrected chi connectivity index (χ4v) is 3.75. The third kappa shape index (κ3) is 3.92. The molecule has 0 radical (unpaired) electrons. The zero-order valence-electron chi connectivity index (χ0n) is 11.0. The van der Waals surface area contributed by atoms with Gasteiger partial charge in [-0.15, -0.1) is 0 Å². The Hall–Kier alpha value is -1.11. The fourth-order valence-electron chi connectivity index (χ4n) is 2.24. The number of hydrogen-bond acceptors (Lipinski definition) is 4. The highest BCUT2D eigenvalue weighted by Gasteiger charge is 2.26. The van der Waals surface area contributed by atoms with Crippen LogP contribution in [0.15, 0.2) is 24.3 Å². The van der Waals surface area contributed by atoms with Crippen LogP contribution in [-0.4, -0.2) is 27.7 Å². The summed E-state index contributed by atoms with van der Waals surface area (Å²) in [4.78, 5) is 0. The van der Waals surface area contributed by atoms with Crippen molar-refractivity contribution in [1.82, 2.24) is 4.72 Å². The van der Waals surface area contributed by atoms with Crippen molar-refractivity contribution in [1.29, 1.82) is 0 Å². The maximum atomic E-state index is 12.1. The highest BCUT2D eigenvalue weighted by molar-refractivity contribution is 7.88. The number of benzene rings is 1. The van der Waals surface area contributed by atoms with Crippen LogP contribution in [-0.2, 0) is 20.5 Å². The minimum Gasteiger partial charge on any atom is -0.398 e. The average molecular weight is 284 g/mol. The summed E-state index contributed by atoms with van der Waals surface area (Å²) >= 11 is 0. The second-order valence-corrected chi connectivity index (χ2v) is 6.74. The minimum absolute atomic E-state index is 0.0857. The molecule has 1 aliphatic heterocycles. The summed E-state index contributed by atoms with van der Waals surface area (Å²) in [7, 11) is -3.38. The molecule has 2 rings (SSSR count). The molecule has 1 aromatic rings. The largest absolute Gasteiger partial charge is 0.398 e. The van der Waals surface area contributed by atoms with Gasteiger partial charge in [0.15, 0.2) is 0 Å². The van der Waals surface area contributed by atoms with Crippen molar-refractivity contribution in [2.45, 2.75) is 25.1 Å². The van der Waals surface area contributed by atoms with Crippen LogP contribution >= 0.6 is 0 Å². The minimum atomic E-state index is -3.38. The van der Waals surface area contributed by atoms with Crippen LogP contribution in [0.1, 0.15) is 18.9 Å². The number of para-hydroxylation sites is 1. The van der Waals surface area contributed by atoms with Gasteiger partial charge in [0.05, 0.1) is 12.4 Å². The van der Waals surface area contributed by atoms with Crippen molar-refractivity contribution in [3.05, 3.63) is 29.8 Å². The van der Waals surface area contributed by atoms with Crippen LogP contribution < -0.4 is 10.5 Å². The number of ether oxygens (including phenoxy) is 1. The van der Waals surface area contributed by atoms with Gasteiger partial charge in [-0.2, -0.15) is 0 Å². The molecule has 5 nitrogen and oxygen atoms in total. The van der Waals surface area contributed by atoms with E-state index < -0.39 is 10.0 Å². The average Bonchev–Trinajstić information content (AvgIpc) is 2.85. The molecule has 1 saturated heterocycles. The molecule has 0 spiro atoms. The number of hydrogen-bond donors (Lipinski definition) is 2. The maximum absolute atomic E-state index is 12.1. The monoisotopic (exact) mass is 284 g/mol. The Labute approximate surface area is 114 Å². The Morgan fingerprint density at radius 1 is 1.47 bits per heavy atom. The SMILES string of the molecule is CC(NS(=O)(=O)Cc1ccccc1N)C1CCOC1. The van der Waals surface area contributed by atoms with Crippen LogP contribution in [0.4, 0.5) is 5.69 Å². The van der Waals surface area contributed by atoms with Crippen molar-refractivity contribution in [3.8, 4) is 0 Å². The first-order chi connectivity index (χ1) is 8.98. The molecule has 0 amide bonds. The van der Waals surface area contributed by atoms with E-state index in [2.05, 4.69) is 4.72 Å². The summed E-state index contributed by atoms with van der Waals surface area (Å²) in [5.74, 6) is 0.167. The summed E-state index contributed by atoms with van der Waals surface area (Å²) in [6.07, 6.45) is 0.900. The first-order valence-corrected chi connectivity index (χ1v) is 8.04. The van der Waals surface area contributed by atoms with E-state index in [1.807, 2.05) is 6.92 Å². The maximum Gasteiger partial charge on any atom is 0.216 e. The lowest BCUT2D eigenvalue weighted by molar-refractivity contribution is 0.180. The van der Waals surface area contributed by atoms with Crippen molar-refractivity contribution >= 4 is 15.7 Å². The highest BCUT2D eigenvalue weighted by Crippen LogP contribution is 2.19. The van der Waals surface area contributed by atoms with Gasteiger partial charge < -0.3 is 10.5 Å². The second kappa shape index (κ2) is 5.90. The quantitative estimate of drug-likeness (QED) is 0.794. The van der Waals surface area contributed by atoms with Gasteiger partial charge in [-0.1, -0.05) is 18.2 Å². The first-order valence-electron chi connectivity index (χ1n) is 6.39. The Morgan fingerprint density at radius 3 is 2.84 bits per heavy atom. The lowest BCUT2D eigenvalue weighted by Gasteiger charge is -2.19. The highest BCUT2D eigenvalue weighted by atomic mass is 32.2. The standard InChI is InChI=1S/C13H20N2O3S/c1-10(11-6-7-18-8-11)15-19(16,17)9-12-4-2-3-5-13(12)14/h2-5,10-11,15H,6-9,14H2,1H3. The molecule has 2 atom stereocenters. The molecule has 0 aromatic heterocycles. The van der Waals surface area contributed by atoms with Gasteiger partial charge in [-0.3, -0.25) is 0 Å². The van der Waals surface area contributed by atoms with E-state index >= 15 is 0 Å². The summed E-state index contributed by atoms with van der Waals surface area (Å²) in [5, 5.41) is 0. The fraction of sp³-hybridized carbons (Fsp3) is 0.538. The van der Waals surface area contributed by atoms with Crippen LogP contribution in [0.25, 0.3) is 0 Å². The number of nitrogens with two attached hydrogens (primary N) is 1. The van der Waals surface area contributed by atoms with Gasteiger partial charge in [0, 0.05) is 24.3 Å². The molecule has 0 bridgehead atoms. The number of nitrogens with one attached hydrogen (secondary N) is 1. The summed E-state index contributed by atoms with van der Waals surface area (Å²) in [6.45, 7) is 3.21. The smallest absolute Gasteiger partial charge is 0.216 e. The van der Waals surface area contributed by atoms with E-state index in [0.717, 1.165) is 6.42 Å². The number of sulfonamides is 1. The van der Waals surface area contributed by atoms with Crippen LogP contribution in [0, 0.1) is 5.92 Å². The van der Waals surface area contributed by atoms with Gasteiger partial charge in [0.1, 0.15) is 0 Å². The Bertz CT molecular complexity index is 524. The van der Waals surface area contributed by atoms with Gasteiger partial charge in [-0.25, -0.2) is 13.1 Å². The lowest BCUT2D eigenvalue weighted by Crippen LogP contribution is -2.39. The summed E-state index contributed by atoms with van der Waals surface area (Å²) in [5.41, 5.74) is 6.90. The zero-order chi connectivity index (χ0) is 13.9. The molecular weight excluding hydrogens is 264 g/mol. The van der Waals surface area contributed by atoms with E-state index in [1.54, 1.807) is 24.3 Å². The van der Waals surface area contributed by atoms with Crippen LogP contribution in [0.2, 0.25) is 0 Å². The molecule has 1 aliphatic rings. The van der Waals surface area contributed by atoms with E-state index in [-0.39, 0.29) is 17.7 Å². The van der Waals surface area contributed by atoms with Crippen molar-refractivity contribution in [2.24, 2.45) is 5.92 Å². The number of nitrogen functional groups attached to an aromatic ring is 1. The van der Waals surface area contributed by atoms with E-state index in [9.17, 15) is 8.42 Å². The number of rotatable bonds is 5. The lowest BCUT2D eigenvalue weighted by atomic mass is 10.0. The molecule has 19 heavy (non-hydrogen) atoms.